The summed E-state index contributed by atoms with van der Waals surface area (Å²) < 4.78 is 0. The Morgan fingerprint density at radius 2 is 1.83 bits per heavy atom. The summed E-state index contributed by atoms with van der Waals surface area (Å²) in [6, 6.07) is 10.6. The lowest BCUT2D eigenvalue weighted by molar-refractivity contribution is -0.138. The molecule has 11 nitrogen and oxygen atoms in total. The van der Waals surface area contributed by atoms with Crippen molar-refractivity contribution in [3.05, 3.63) is 77.1 Å². The molecule has 2 aromatic heterocycles. The van der Waals surface area contributed by atoms with Gasteiger partial charge in [-0.2, -0.15) is 0 Å². The Hall–Kier alpha value is -4.32. The molecule has 0 radical (unpaired) electrons. The molecule has 0 aliphatic heterocycles. The minimum absolute atomic E-state index is 0.0946. The van der Waals surface area contributed by atoms with Gasteiger partial charge in [0.25, 0.3) is 0 Å². The molecule has 12 heteroatoms. The second-order valence-electron chi connectivity index (χ2n) is 7.85. The van der Waals surface area contributed by atoms with Gasteiger partial charge in [-0.05, 0) is 24.1 Å². The second-order valence-corrected chi connectivity index (χ2v) is 8.71. The second kappa shape index (κ2) is 13.0. The highest BCUT2D eigenvalue weighted by molar-refractivity contribution is 7.13. The highest BCUT2D eigenvalue weighted by Gasteiger charge is 2.23. The van der Waals surface area contributed by atoms with E-state index in [1.165, 1.54) is 24.5 Å². The van der Waals surface area contributed by atoms with Crippen LogP contribution >= 0.6 is 11.3 Å². The number of anilines is 1. The van der Waals surface area contributed by atoms with E-state index in [4.69, 9.17) is 5.11 Å². The van der Waals surface area contributed by atoms with E-state index in [2.05, 4.69) is 31.2 Å². The number of thiazole rings is 1. The van der Waals surface area contributed by atoms with Crippen LogP contribution in [0.1, 0.15) is 36.2 Å². The SMILES string of the molecule is C[C@H](NC(=O)Cc1csc(NC(=O)NCc2ccccc2)n1)C(=O)NC(CC(=O)O)c1cccnc1. The van der Waals surface area contributed by atoms with Crippen molar-refractivity contribution in [3.8, 4) is 0 Å². The number of nitrogens with one attached hydrogen (secondary N) is 4. The first-order chi connectivity index (χ1) is 17.3. The first-order valence-corrected chi connectivity index (χ1v) is 11.9. The minimum atomic E-state index is -1.08. The smallest absolute Gasteiger partial charge is 0.321 e. The van der Waals surface area contributed by atoms with Gasteiger partial charge in [-0.25, -0.2) is 9.78 Å². The van der Waals surface area contributed by atoms with Crippen molar-refractivity contribution in [1.29, 1.82) is 0 Å². The molecule has 36 heavy (non-hydrogen) atoms. The number of carboxylic acids is 1. The molecular weight excluding hydrogens is 484 g/mol. The van der Waals surface area contributed by atoms with Crippen molar-refractivity contribution in [2.45, 2.75) is 38.4 Å². The molecule has 0 saturated heterocycles. The van der Waals surface area contributed by atoms with Crippen LogP contribution in [0, 0.1) is 0 Å². The van der Waals surface area contributed by atoms with Gasteiger partial charge in [0.1, 0.15) is 6.04 Å². The van der Waals surface area contributed by atoms with Gasteiger partial charge >= 0.3 is 12.0 Å². The molecule has 4 amide bonds. The van der Waals surface area contributed by atoms with Gasteiger partial charge < -0.3 is 21.1 Å². The zero-order chi connectivity index (χ0) is 25.9. The third-order valence-corrected chi connectivity index (χ3v) is 5.77. The first kappa shape index (κ1) is 26.3. The number of pyridine rings is 1. The number of urea groups is 1. The van der Waals surface area contributed by atoms with Crippen LogP contribution in [0.5, 0.6) is 0 Å². The van der Waals surface area contributed by atoms with E-state index in [-0.39, 0.29) is 12.8 Å². The van der Waals surface area contributed by atoms with Gasteiger partial charge in [0, 0.05) is 24.3 Å². The topological polar surface area (TPSA) is 162 Å². The molecule has 0 aliphatic rings. The van der Waals surface area contributed by atoms with Gasteiger partial charge in [0.2, 0.25) is 11.8 Å². The Morgan fingerprint density at radius 1 is 1.06 bits per heavy atom. The number of amides is 4. The van der Waals surface area contributed by atoms with Crippen molar-refractivity contribution >= 4 is 40.3 Å². The average Bonchev–Trinajstić information content (AvgIpc) is 3.29. The molecule has 3 aromatic rings. The lowest BCUT2D eigenvalue weighted by Crippen LogP contribution is -2.46. The van der Waals surface area contributed by atoms with Gasteiger partial charge in [-0.1, -0.05) is 36.4 Å². The van der Waals surface area contributed by atoms with Crippen LogP contribution in [0.25, 0.3) is 0 Å². The molecule has 1 aromatic carbocycles. The lowest BCUT2D eigenvalue weighted by atomic mass is 10.1. The van der Waals surface area contributed by atoms with Crippen LogP contribution in [0.3, 0.4) is 0 Å². The molecule has 1 unspecified atom stereocenters. The molecule has 0 fully saturated rings. The molecule has 5 N–H and O–H groups in total. The minimum Gasteiger partial charge on any atom is -0.481 e. The van der Waals surface area contributed by atoms with Crippen molar-refractivity contribution in [2.75, 3.05) is 5.32 Å². The van der Waals surface area contributed by atoms with E-state index < -0.39 is 35.9 Å². The third kappa shape index (κ3) is 8.47. The van der Waals surface area contributed by atoms with Crippen molar-refractivity contribution < 1.29 is 24.3 Å². The fourth-order valence-corrected chi connectivity index (χ4v) is 3.90. The number of carbonyl (C=O) groups excluding carboxylic acids is 3. The number of aromatic nitrogens is 2. The summed E-state index contributed by atoms with van der Waals surface area (Å²) in [5.41, 5.74) is 1.93. The zero-order valence-corrected chi connectivity index (χ0v) is 20.2. The van der Waals surface area contributed by atoms with E-state index in [9.17, 15) is 19.2 Å². The monoisotopic (exact) mass is 510 g/mol. The number of rotatable bonds is 11. The number of aliphatic carboxylic acids is 1. The maximum atomic E-state index is 12.6. The number of carbonyl (C=O) groups is 4. The molecular formula is C24H26N6O5S. The Labute approximate surface area is 211 Å². The quantitative estimate of drug-likeness (QED) is 0.264. The largest absolute Gasteiger partial charge is 0.481 e. The number of hydrogen-bond donors (Lipinski definition) is 5. The van der Waals surface area contributed by atoms with Crippen LogP contribution in [0.15, 0.2) is 60.2 Å². The van der Waals surface area contributed by atoms with Crippen molar-refractivity contribution in [3.63, 3.8) is 0 Å². The molecule has 0 bridgehead atoms. The van der Waals surface area contributed by atoms with Gasteiger partial charge in [-0.3, -0.25) is 24.7 Å². The van der Waals surface area contributed by atoms with E-state index in [0.29, 0.717) is 22.9 Å². The molecule has 3 rings (SSSR count). The van der Waals surface area contributed by atoms with Crippen LogP contribution in [0.4, 0.5) is 9.93 Å². The van der Waals surface area contributed by atoms with Crippen LogP contribution in [0.2, 0.25) is 0 Å². The normalized spacial score (nSPS) is 12.1. The van der Waals surface area contributed by atoms with E-state index in [0.717, 1.165) is 5.56 Å². The van der Waals surface area contributed by atoms with Crippen LogP contribution in [-0.2, 0) is 27.3 Å². The van der Waals surface area contributed by atoms with Gasteiger partial charge in [0.15, 0.2) is 5.13 Å². The highest BCUT2D eigenvalue weighted by atomic mass is 32.1. The summed E-state index contributed by atoms with van der Waals surface area (Å²) in [4.78, 5) is 56.5. The number of nitrogens with zero attached hydrogens (tertiary/aromatic N) is 2. The lowest BCUT2D eigenvalue weighted by Gasteiger charge is -2.20. The molecule has 0 saturated carbocycles. The summed E-state index contributed by atoms with van der Waals surface area (Å²) in [6.07, 6.45) is 2.60. The van der Waals surface area contributed by atoms with Crippen LogP contribution in [-0.4, -0.2) is 44.9 Å². The van der Waals surface area contributed by atoms with Crippen molar-refractivity contribution in [1.82, 2.24) is 25.9 Å². The number of benzene rings is 1. The number of carboxylic acid groups (broad SMARTS) is 1. The maximum Gasteiger partial charge on any atom is 0.321 e. The third-order valence-electron chi connectivity index (χ3n) is 4.96. The van der Waals surface area contributed by atoms with Crippen molar-refractivity contribution in [2.24, 2.45) is 0 Å². The van der Waals surface area contributed by atoms with Gasteiger partial charge in [0.05, 0.1) is 24.6 Å². The number of hydrogen-bond acceptors (Lipinski definition) is 7. The fourth-order valence-electron chi connectivity index (χ4n) is 3.19. The van der Waals surface area contributed by atoms with E-state index in [1.807, 2.05) is 30.3 Å². The Kier molecular flexibility index (Phi) is 9.46. The van der Waals surface area contributed by atoms with Crippen LogP contribution < -0.4 is 21.3 Å². The predicted molar refractivity (Wildman–Crippen MR) is 133 cm³/mol. The molecule has 0 aliphatic carbocycles. The van der Waals surface area contributed by atoms with E-state index in [1.54, 1.807) is 23.7 Å². The summed E-state index contributed by atoms with van der Waals surface area (Å²) >= 11 is 1.17. The first-order valence-electron chi connectivity index (χ1n) is 11.0. The Morgan fingerprint density at radius 3 is 2.53 bits per heavy atom. The summed E-state index contributed by atoms with van der Waals surface area (Å²) in [7, 11) is 0. The average molecular weight is 511 g/mol. The van der Waals surface area contributed by atoms with E-state index >= 15 is 0 Å². The van der Waals surface area contributed by atoms with Gasteiger partial charge in [-0.15, -0.1) is 11.3 Å². The standard InChI is InChI=1S/C24H26N6O5S/c1-15(22(34)29-19(11-21(32)33)17-8-5-9-25-13-17)27-20(31)10-18-14-36-24(28-18)30-23(35)26-12-16-6-3-2-4-7-16/h2-9,13-15,19H,10-12H2,1H3,(H,27,31)(H,29,34)(H,32,33)(H2,26,28,30,35)/t15-,19?/m0/s1. The molecule has 2 heterocycles. The summed E-state index contributed by atoms with van der Waals surface area (Å²) in [5.74, 6) is -2.06. The summed E-state index contributed by atoms with van der Waals surface area (Å²) in [5, 5.41) is 21.7. The molecule has 0 spiro atoms. The molecule has 188 valence electrons. The Balaban J connectivity index is 1.46. The zero-order valence-electron chi connectivity index (χ0n) is 19.4. The highest BCUT2D eigenvalue weighted by Crippen LogP contribution is 2.17. The summed E-state index contributed by atoms with van der Waals surface area (Å²) in [6.45, 7) is 1.86. The predicted octanol–water partition coefficient (Wildman–Crippen LogP) is 2.24. The molecule has 2 atom stereocenters. The Bertz CT molecular complexity index is 1190. The maximum absolute atomic E-state index is 12.6. The fraction of sp³-hybridized carbons (Fsp3) is 0.250.